The molecule has 0 aromatic heterocycles. The molecule has 1 rings (SSSR count). The van der Waals surface area contributed by atoms with Crippen LogP contribution in [-0.4, -0.2) is 26.8 Å². The predicted octanol–water partition coefficient (Wildman–Crippen LogP) is 3.41. The molecule has 1 N–H and O–H groups in total. The first-order valence-corrected chi connectivity index (χ1v) is 7.03. The Morgan fingerprint density at radius 3 is 2.35 bits per heavy atom. The molecule has 1 aromatic rings. The van der Waals surface area contributed by atoms with Gasteiger partial charge in [0.05, 0.1) is 6.61 Å². The first-order valence-electron chi connectivity index (χ1n) is 7.03. The molecule has 0 heterocycles. The zero-order valence-corrected chi connectivity index (χ0v) is 12.8. The van der Waals surface area contributed by atoms with Crippen LogP contribution < -0.4 is 5.32 Å². The van der Waals surface area contributed by atoms with E-state index in [2.05, 4.69) is 26.1 Å². The summed E-state index contributed by atoms with van der Waals surface area (Å²) in [5.41, 5.74) is -0.0335. The van der Waals surface area contributed by atoms with Gasteiger partial charge in [-0.25, -0.2) is 8.78 Å². The van der Waals surface area contributed by atoms with E-state index in [0.717, 1.165) is 6.54 Å². The third-order valence-electron chi connectivity index (χ3n) is 4.05. The van der Waals surface area contributed by atoms with E-state index < -0.39 is 11.6 Å². The van der Waals surface area contributed by atoms with Crippen LogP contribution in [0.15, 0.2) is 18.2 Å². The van der Waals surface area contributed by atoms with E-state index in [0.29, 0.717) is 25.5 Å². The highest BCUT2D eigenvalue weighted by Gasteiger charge is 2.30. The highest BCUT2D eigenvalue weighted by molar-refractivity contribution is 5.21. The molecule has 0 saturated heterocycles. The number of methoxy groups -OCH3 is 1. The molecule has 1 unspecified atom stereocenters. The summed E-state index contributed by atoms with van der Waals surface area (Å²) in [7, 11) is 1.65. The van der Waals surface area contributed by atoms with Crippen molar-refractivity contribution in [1.29, 1.82) is 0 Å². The summed E-state index contributed by atoms with van der Waals surface area (Å²) in [6, 6.07) is 4.03. The van der Waals surface area contributed by atoms with E-state index in [1.165, 1.54) is 18.2 Å². The smallest absolute Gasteiger partial charge is 0.129 e. The standard InChI is InChI=1S/C16H25F2NO/c1-12(2)16(3,11-19-8-9-20-4)10-13-14(17)6-5-7-15(13)18/h5-7,12,19H,8-11H2,1-4H3. The van der Waals surface area contributed by atoms with E-state index in [9.17, 15) is 8.78 Å². The van der Waals surface area contributed by atoms with Crippen LogP contribution in [0.3, 0.4) is 0 Å². The molecule has 1 atom stereocenters. The Morgan fingerprint density at radius 1 is 1.25 bits per heavy atom. The van der Waals surface area contributed by atoms with E-state index >= 15 is 0 Å². The molecule has 0 aliphatic carbocycles. The molecular formula is C16H25F2NO. The van der Waals surface area contributed by atoms with E-state index in [-0.39, 0.29) is 11.0 Å². The zero-order valence-electron chi connectivity index (χ0n) is 12.8. The van der Waals surface area contributed by atoms with Crippen LogP contribution in [0.4, 0.5) is 8.78 Å². The maximum atomic E-state index is 13.8. The Balaban J connectivity index is 2.80. The number of hydrogen-bond donors (Lipinski definition) is 1. The summed E-state index contributed by atoms with van der Waals surface area (Å²) < 4.78 is 32.6. The van der Waals surface area contributed by atoms with Gasteiger partial charge in [-0.3, -0.25) is 0 Å². The number of ether oxygens (including phenoxy) is 1. The molecule has 0 aliphatic rings. The second-order valence-corrected chi connectivity index (χ2v) is 5.86. The molecule has 0 spiro atoms. The van der Waals surface area contributed by atoms with Crippen LogP contribution in [-0.2, 0) is 11.2 Å². The Morgan fingerprint density at radius 2 is 1.85 bits per heavy atom. The third-order valence-corrected chi connectivity index (χ3v) is 4.05. The van der Waals surface area contributed by atoms with E-state index in [1.807, 2.05) is 0 Å². The lowest BCUT2D eigenvalue weighted by molar-refractivity contribution is 0.173. The normalized spacial score (nSPS) is 14.6. The molecule has 4 heteroatoms. The lowest BCUT2D eigenvalue weighted by atomic mass is 9.74. The second-order valence-electron chi connectivity index (χ2n) is 5.86. The van der Waals surface area contributed by atoms with Crippen molar-refractivity contribution in [3.8, 4) is 0 Å². The van der Waals surface area contributed by atoms with Gasteiger partial charge in [0.25, 0.3) is 0 Å². The van der Waals surface area contributed by atoms with Crippen molar-refractivity contribution in [3.63, 3.8) is 0 Å². The number of halogens is 2. The lowest BCUT2D eigenvalue weighted by Gasteiger charge is -2.34. The molecular weight excluding hydrogens is 260 g/mol. The van der Waals surface area contributed by atoms with Gasteiger partial charge in [0.1, 0.15) is 11.6 Å². The van der Waals surface area contributed by atoms with Gasteiger partial charge in [0.15, 0.2) is 0 Å². The van der Waals surface area contributed by atoms with Crippen LogP contribution in [0.1, 0.15) is 26.3 Å². The Kier molecular flexibility index (Phi) is 6.56. The Bertz CT molecular complexity index is 403. The van der Waals surface area contributed by atoms with Gasteiger partial charge < -0.3 is 10.1 Å². The van der Waals surface area contributed by atoms with Gasteiger partial charge in [-0.05, 0) is 29.9 Å². The quantitative estimate of drug-likeness (QED) is 0.739. The van der Waals surface area contributed by atoms with Crippen LogP contribution >= 0.6 is 0 Å². The predicted molar refractivity (Wildman–Crippen MR) is 77.8 cm³/mol. The molecule has 0 radical (unpaired) electrons. The van der Waals surface area contributed by atoms with Crippen molar-refractivity contribution in [2.24, 2.45) is 11.3 Å². The molecule has 0 fully saturated rings. The van der Waals surface area contributed by atoms with Gasteiger partial charge in [0.2, 0.25) is 0 Å². The van der Waals surface area contributed by atoms with Gasteiger partial charge in [-0.1, -0.05) is 26.8 Å². The monoisotopic (exact) mass is 285 g/mol. The van der Waals surface area contributed by atoms with Crippen molar-refractivity contribution >= 4 is 0 Å². The summed E-state index contributed by atoms with van der Waals surface area (Å²) in [4.78, 5) is 0. The van der Waals surface area contributed by atoms with Crippen molar-refractivity contribution in [2.75, 3.05) is 26.8 Å². The molecule has 1 aromatic carbocycles. The molecule has 114 valence electrons. The van der Waals surface area contributed by atoms with Crippen molar-refractivity contribution in [2.45, 2.75) is 27.2 Å². The van der Waals surface area contributed by atoms with Crippen LogP contribution in [0.5, 0.6) is 0 Å². The SMILES string of the molecule is COCCNCC(C)(Cc1c(F)cccc1F)C(C)C. The van der Waals surface area contributed by atoms with Gasteiger partial charge >= 0.3 is 0 Å². The minimum Gasteiger partial charge on any atom is -0.383 e. The van der Waals surface area contributed by atoms with Crippen LogP contribution in [0.25, 0.3) is 0 Å². The summed E-state index contributed by atoms with van der Waals surface area (Å²) in [6.07, 6.45) is 0.378. The molecule has 0 amide bonds. The minimum absolute atomic E-state index is 0.178. The fourth-order valence-corrected chi connectivity index (χ4v) is 2.12. The van der Waals surface area contributed by atoms with Crippen LogP contribution in [0.2, 0.25) is 0 Å². The first kappa shape index (κ1) is 17.1. The summed E-state index contributed by atoms with van der Waals surface area (Å²) in [5, 5.41) is 3.30. The molecule has 20 heavy (non-hydrogen) atoms. The third kappa shape index (κ3) is 4.53. The average Bonchev–Trinajstić information content (AvgIpc) is 2.39. The maximum absolute atomic E-state index is 13.8. The van der Waals surface area contributed by atoms with Crippen LogP contribution in [0, 0.1) is 23.0 Å². The summed E-state index contributed by atoms with van der Waals surface area (Å²) in [5.74, 6) is -0.626. The van der Waals surface area contributed by atoms with Gasteiger partial charge in [-0.2, -0.15) is 0 Å². The fraction of sp³-hybridized carbons (Fsp3) is 0.625. The van der Waals surface area contributed by atoms with Crippen molar-refractivity contribution in [3.05, 3.63) is 35.4 Å². The Labute approximate surface area is 120 Å². The number of benzene rings is 1. The van der Waals surface area contributed by atoms with Gasteiger partial charge in [0, 0.05) is 25.8 Å². The fourth-order valence-electron chi connectivity index (χ4n) is 2.12. The highest BCUT2D eigenvalue weighted by Crippen LogP contribution is 2.32. The zero-order chi connectivity index (χ0) is 15.2. The van der Waals surface area contributed by atoms with E-state index in [4.69, 9.17) is 4.74 Å². The highest BCUT2D eigenvalue weighted by atomic mass is 19.1. The first-order chi connectivity index (χ1) is 9.40. The number of rotatable bonds is 8. The van der Waals surface area contributed by atoms with Crippen molar-refractivity contribution in [1.82, 2.24) is 5.32 Å². The van der Waals surface area contributed by atoms with E-state index in [1.54, 1.807) is 7.11 Å². The number of nitrogens with one attached hydrogen (secondary N) is 1. The maximum Gasteiger partial charge on any atom is 0.129 e. The molecule has 2 nitrogen and oxygen atoms in total. The number of hydrogen-bond acceptors (Lipinski definition) is 2. The Hall–Kier alpha value is -1.00. The summed E-state index contributed by atoms with van der Waals surface area (Å²) >= 11 is 0. The summed E-state index contributed by atoms with van der Waals surface area (Å²) in [6.45, 7) is 8.28. The topological polar surface area (TPSA) is 21.3 Å². The largest absolute Gasteiger partial charge is 0.383 e. The van der Waals surface area contributed by atoms with Crippen molar-refractivity contribution < 1.29 is 13.5 Å². The molecule has 0 bridgehead atoms. The second kappa shape index (κ2) is 7.70. The lowest BCUT2D eigenvalue weighted by Crippen LogP contribution is -2.39. The van der Waals surface area contributed by atoms with Gasteiger partial charge in [-0.15, -0.1) is 0 Å². The minimum atomic E-state index is -0.464. The molecule has 0 aliphatic heterocycles. The molecule has 0 saturated carbocycles. The average molecular weight is 285 g/mol.